The first-order valence-electron chi connectivity index (χ1n) is 7.64. The lowest BCUT2D eigenvalue weighted by atomic mass is 10.1. The van der Waals surface area contributed by atoms with Gasteiger partial charge in [0.05, 0.1) is 11.6 Å². The summed E-state index contributed by atoms with van der Waals surface area (Å²) in [6.45, 7) is 1.18. The summed E-state index contributed by atoms with van der Waals surface area (Å²) in [4.78, 5) is 24.4. The smallest absolute Gasteiger partial charge is 0.349 e. The number of rotatable bonds is 4. The summed E-state index contributed by atoms with van der Waals surface area (Å²) < 4.78 is 19.6. The molecule has 1 N–H and O–H groups in total. The molecule has 1 amide bonds. The van der Waals surface area contributed by atoms with Crippen LogP contribution in [-0.2, 0) is 9.53 Å². The van der Waals surface area contributed by atoms with Crippen LogP contribution in [0.25, 0.3) is 10.1 Å². The minimum absolute atomic E-state index is 0.274. The van der Waals surface area contributed by atoms with Crippen molar-refractivity contribution in [1.82, 2.24) is 0 Å². The molecule has 0 bridgehead atoms. The number of fused-ring (bicyclic) bond motifs is 1. The Hall–Kier alpha value is -3.24. The van der Waals surface area contributed by atoms with Gasteiger partial charge in [-0.1, -0.05) is 6.07 Å². The molecular weight excluding hydrogens is 355 g/mol. The molecular formula is C19H13FN2O3S. The predicted octanol–water partition coefficient (Wildman–Crippen LogP) is 4.02. The van der Waals surface area contributed by atoms with E-state index in [9.17, 15) is 14.0 Å². The van der Waals surface area contributed by atoms with Crippen molar-refractivity contribution in [3.63, 3.8) is 0 Å². The third-order valence-electron chi connectivity index (χ3n) is 3.72. The summed E-state index contributed by atoms with van der Waals surface area (Å²) in [7, 11) is 0. The number of esters is 1. The molecule has 0 aliphatic heterocycles. The average Bonchev–Trinajstić information content (AvgIpc) is 2.98. The summed E-state index contributed by atoms with van der Waals surface area (Å²) in [6.07, 6.45) is 0. The Morgan fingerprint density at radius 3 is 2.62 bits per heavy atom. The van der Waals surface area contributed by atoms with E-state index in [4.69, 9.17) is 10.00 Å². The zero-order valence-corrected chi connectivity index (χ0v) is 14.5. The Morgan fingerprint density at radius 1 is 1.23 bits per heavy atom. The van der Waals surface area contributed by atoms with Crippen molar-refractivity contribution in [1.29, 1.82) is 5.26 Å². The lowest BCUT2D eigenvalue weighted by molar-refractivity contribution is -0.119. The van der Waals surface area contributed by atoms with Crippen LogP contribution < -0.4 is 5.32 Å². The molecule has 0 saturated carbocycles. The van der Waals surface area contributed by atoms with Crippen molar-refractivity contribution in [3.05, 3.63) is 64.3 Å². The van der Waals surface area contributed by atoms with Gasteiger partial charge in [-0.3, -0.25) is 4.79 Å². The maximum absolute atomic E-state index is 13.9. The van der Waals surface area contributed by atoms with E-state index >= 15 is 0 Å². The number of ether oxygens (including phenoxy) is 1. The lowest BCUT2D eigenvalue weighted by Crippen LogP contribution is -2.20. The molecule has 0 fully saturated rings. The predicted molar refractivity (Wildman–Crippen MR) is 96.6 cm³/mol. The zero-order valence-electron chi connectivity index (χ0n) is 13.7. The second-order valence-corrected chi connectivity index (χ2v) is 6.53. The van der Waals surface area contributed by atoms with E-state index < -0.39 is 24.3 Å². The molecule has 5 nitrogen and oxygen atoms in total. The molecule has 7 heteroatoms. The molecule has 0 atom stereocenters. The molecule has 0 aliphatic rings. The van der Waals surface area contributed by atoms with E-state index in [1.54, 1.807) is 43.3 Å². The van der Waals surface area contributed by atoms with E-state index in [0.29, 0.717) is 26.9 Å². The number of halogens is 1. The highest BCUT2D eigenvalue weighted by molar-refractivity contribution is 7.21. The van der Waals surface area contributed by atoms with Crippen LogP contribution in [0.4, 0.5) is 10.1 Å². The van der Waals surface area contributed by atoms with Gasteiger partial charge < -0.3 is 10.1 Å². The van der Waals surface area contributed by atoms with Crippen LogP contribution in [0, 0.1) is 24.1 Å². The normalized spacial score (nSPS) is 10.3. The quantitative estimate of drug-likeness (QED) is 0.706. The minimum Gasteiger partial charge on any atom is -0.451 e. The van der Waals surface area contributed by atoms with Crippen LogP contribution in [-0.4, -0.2) is 18.5 Å². The summed E-state index contributed by atoms with van der Waals surface area (Å²) in [5, 5.41) is 11.7. The Morgan fingerprint density at radius 2 is 1.96 bits per heavy atom. The van der Waals surface area contributed by atoms with Gasteiger partial charge in [0.2, 0.25) is 0 Å². The summed E-state index contributed by atoms with van der Waals surface area (Å²) >= 11 is 1.13. The third kappa shape index (κ3) is 3.55. The van der Waals surface area contributed by atoms with Crippen LogP contribution in [0.5, 0.6) is 0 Å². The molecule has 1 heterocycles. The number of anilines is 1. The number of hydrogen-bond acceptors (Lipinski definition) is 5. The monoisotopic (exact) mass is 368 g/mol. The van der Waals surface area contributed by atoms with E-state index in [1.165, 1.54) is 6.07 Å². The first kappa shape index (κ1) is 17.6. The van der Waals surface area contributed by atoms with Crippen molar-refractivity contribution < 1.29 is 18.7 Å². The van der Waals surface area contributed by atoms with Crippen LogP contribution in [0.15, 0.2) is 42.5 Å². The number of carbonyl (C=O) groups is 2. The first-order valence-corrected chi connectivity index (χ1v) is 8.46. The van der Waals surface area contributed by atoms with Gasteiger partial charge in [0, 0.05) is 15.8 Å². The van der Waals surface area contributed by atoms with Gasteiger partial charge in [-0.15, -0.1) is 11.3 Å². The summed E-state index contributed by atoms with van der Waals surface area (Å²) in [6, 6.07) is 12.9. The zero-order chi connectivity index (χ0) is 18.7. The number of hydrogen-bond donors (Lipinski definition) is 1. The number of thiophene rings is 1. The molecule has 1 aromatic heterocycles. The number of nitriles is 1. The van der Waals surface area contributed by atoms with Crippen molar-refractivity contribution in [2.75, 3.05) is 11.9 Å². The molecule has 2 aromatic carbocycles. The van der Waals surface area contributed by atoms with Gasteiger partial charge in [0.25, 0.3) is 5.91 Å². The summed E-state index contributed by atoms with van der Waals surface area (Å²) in [5.74, 6) is -1.57. The van der Waals surface area contributed by atoms with Crippen LogP contribution in [0.1, 0.15) is 20.8 Å². The topological polar surface area (TPSA) is 79.2 Å². The van der Waals surface area contributed by atoms with E-state index in [2.05, 4.69) is 5.32 Å². The molecule has 0 aliphatic carbocycles. The van der Waals surface area contributed by atoms with Crippen molar-refractivity contribution in [2.24, 2.45) is 0 Å². The van der Waals surface area contributed by atoms with Gasteiger partial charge in [-0.2, -0.15) is 5.26 Å². The molecule has 0 radical (unpaired) electrons. The maximum atomic E-state index is 13.9. The largest absolute Gasteiger partial charge is 0.451 e. The highest BCUT2D eigenvalue weighted by atomic mass is 32.1. The highest BCUT2D eigenvalue weighted by Crippen LogP contribution is 2.32. The molecule has 26 heavy (non-hydrogen) atoms. The first-order chi connectivity index (χ1) is 12.5. The van der Waals surface area contributed by atoms with Gasteiger partial charge in [0.15, 0.2) is 6.61 Å². The highest BCUT2D eigenvalue weighted by Gasteiger charge is 2.19. The number of nitrogens with one attached hydrogen (secondary N) is 1. The number of carbonyl (C=O) groups excluding carboxylic acids is 2. The second-order valence-electron chi connectivity index (χ2n) is 5.48. The molecule has 0 unspecified atom stereocenters. The van der Waals surface area contributed by atoms with Crippen molar-refractivity contribution >= 4 is 39.0 Å². The van der Waals surface area contributed by atoms with Gasteiger partial charge in [0.1, 0.15) is 10.7 Å². The van der Waals surface area contributed by atoms with Gasteiger partial charge in [-0.05, 0) is 48.9 Å². The molecule has 0 saturated heterocycles. The Kier molecular flexibility index (Phi) is 4.96. The fourth-order valence-electron chi connectivity index (χ4n) is 2.47. The van der Waals surface area contributed by atoms with Gasteiger partial charge >= 0.3 is 5.97 Å². The molecule has 3 aromatic rings. The van der Waals surface area contributed by atoms with Crippen molar-refractivity contribution in [3.8, 4) is 6.07 Å². The summed E-state index contributed by atoms with van der Waals surface area (Å²) in [5.41, 5.74) is 1.47. The van der Waals surface area contributed by atoms with Crippen LogP contribution in [0.3, 0.4) is 0 Å². The maximum Gasteiger partial charge on any atom is 0.349 e. The average molecular weight is 368 g/mol. The number of amides is 1. The van der Waals surface area contributed by atoms with Crippen LogP contribution in [0.2, 0.25) is 0 Å². The van der Waals surface area contributed by atoms with Gasteiger partial charge in [-0.25, -0.2) is 9.18 Å². The van der Waals surface area contributed by atoms with Crippen molar-refractivity contribution in [2.45, 2.75) is 6.92 Å². The van der Waals surface area contributed by atoms with E-state index in [0.717, 1.165) is 11.3 Å². The molecule has 3 rings (SSSR count). The Labute approximate surface area is 152 Å². The standard InChI is InChI=1S/C19H13FN2O3S/c1-11-17-14(20)3-2-4-15(17)26-18(11)19(24)25-10-16(23)22-13-7-5-12(9-21)6-8-13/h2-8H,10H2,1H3,(H,22,23). The minimum atomic E-state index is -0.668. The second kappa shape index (κ2) is 7.33. The number of nitrogens with zero attached hydrogens (tertiary/aromatic N) is 1. The number of aryl methyl sites for hydroxylation is 1. The Balaban J connectivity index is 1.65. The number of benzene rings is 2. The SMILES string of the molecule is Cc1c(C(=O)OCC(=O)Nc2ccc(C#N)cc2)sc2cccc(F)c12. The van der Waals surface area contributed by atoms with E-state index in [-0.39, 0.29) is 4.88 Å². The van der Waals surface area contributed by atoms with E-state index in [1.807, 2.05) is 6.07 Å². The third-order valence-corrected chi connectivity index (χ3v) is 4.96. The molecule has 0 spiro atoms. The Bertz CT molecular complexity index is 1040. The fourth-order valence-corrected chi connectivity index (χ4v) is 3.59. The molecule has 130 valence electrons. The lowest BCUT2D eigenvalue weighted by Gasteiger charge is -2.06. The van der Waals surface area contributed by atoms with Crippen LogP contribution >= 0.6 is 11.3 Å². The fraction of sp³-hybridized carbons (Fsp3) is 0.105.